The summed E-state index contributed by atoms with van der Waals surface area (Å²) in [5, 5.41) is 11.3. The molecule has 0 unspecified atom stereocenters. The van der Waals surface area contributed by atoms with Gasteiger partial charge in [0.25, 0.3) is 0 Å². The standard InChI is InChI=1S/C16H27N7O3/c1-2-26-16(24)23-7-5-22(6-8-23)14-13-18-20-15(19-14)17-3-4-21-9-11-25-12-10-21/h13H,2-12H2,1H3,(H,17,19,20). The molecule has 1 N–H and O–H groups in total. The molecule has 0 spiro atoms. The van der Waals surface area contributed by atoms with Crippen molar-refractivity contribution in [3.8, 4) is 0 Å². The van der Waals surface area contributed by atoms with E-state index in [2.05, 4.69) is 30.3 Å². The Bertz CT molecular complexity index is 575. The molecule has 0 aliphatic carbocycles. The van der Waals surface area contributed by atoms with Crippen LogP contribution in [0.4, 0.5) is 16.6 Å². The molecule has 2 aliphatic heterocycles. The Morgan fingerprint density at radius 1 is 1.23 bits per heavy atom. The predicted octanol–water partition coefficient (Wildman–Crippen LogP) is -0.106. The van der Waals surface area contributed by atoms with Crippen LogP contribution in [0.1, 0.15) is 6.92 Å². The van der Waals surface area contributed by atoms with E-state index in [1.54, 1.807) is 11.1 Å². The molecule has 3 rings (SSSR count). The molecular weight excluding hydrogens is 338 g/mol. The number of piperazine rings is 1. The Kier molecular flexibility index (Phi) is 6.78. The molecule has 0 bridgehead atoms. The first kappa shape index (κ1) is 18.6. The van der Waals surface area contributed by atoms with Gasteiger partial charge < -0.3 is 24.6 Å². The first-order valence-corrected chi connectivity index (χ1v) is 9.16. The molecule has 0 radical (unpaired) electrons. The zero-order chi connectivity index (χ0) is 18.2. The first-order chi connectivity index (χ1) is 12.8. The molecule has 144 valence electrons. The minimum absolute atomic E-state index is 0.251. The van der Waals surface area contributed by atoms with E-state index >= 15 is 0 Å². The van der Waals surface area contributed by atoms with Gasteiger partial charge in [0.2, 0.25) is 5.95 Å². The van der Waals surface area contributed by atoms with Gasteiger partial charge in [0.1, 0.15) is 0 Å². The van der Waals surface area contributed by atoms with Gasteiger partial charge >= 0.3 is 6.09 Å². The average Bonchev–Trinajstić information content (AvgIpc) is 2.69. The van der Waals surface area contributed by atoms with Crippen LogP contribution in [-0.2, 0) is 9.47 Å². The van der Waals surface area contributed by atoms with Gasteiger partial charge in [-0.05, 0) is 6.92 Å². The van der Waals surface area contributed by atoms with E-state index < -0.39 is 0 Å². The number of amides is 1. The van der Waals surface area contributed by atoms with Crippen molar-refractivity contribution in [1.29, 1.82) is 0 Å². The van der Waals surface area contributed by atoms with E-state index in [0.717, 1.165) is 45.2 Å². The van der Waals surface area contributed by atoms with Crippen LogP contribution in [0.15, 0.2) is 6.20 Å². The van der Waals surface area contributed by atoms with E-state index in [1.807, 2.05) is 6.92 Å². The quantitative estimate of drug-likeness (QED) is 0.741. The van der Waals surface area contributed by atoms with Crippen molar-refractivity contribution in [2.24, 2.45) is 0 Å². The van der Waals surface area contributed by atoms with Crippen LogP contribution >= 0.6 is 0 Å². The predicted molar refractivity (Wildman–Crippen MR) is 96.4 cm³/mol. The SMILES string of the molecule is CCOC(=O)N1CCN(c2cnnc(NCCN3CCOCC3)n2)CC1. The smallest absolute Gasteiger partial charge is 0.409 e. The lowest BCUT2D eigenvalue weighted by Crippen LogP contribution is -2.49. The fourth-order valence-corrected chi connectivity index (χ4v) is 3.01. The highest BCUT2D eigenvalue weighted by atomic mass is 16.6. The van der Waals surface area contributed by atoms with E-state index in [1.165, 1.54) is 0 Å². The van der Waals surface area contributed by atoms with Gasteiger partial charge in [0, 0.05) is 52.4 Å². The summed E-state index contributed by atoms with van der Waals surface area (Å²) in [7, 11) is 0. The summed E-state index contributed by atoms with van der Waals surface area (Å²) >= 11 is 0. The lowest BCUT2D eigenvalue weighted by Gasteiger charge is -2.34. The van der Waals surface area contributed by atoms with Crippen LogP contribution in [0.2, 0.25) is 0 Å². The number of hydrogen-bond acceptors (Lipinski definition) is 9. The molecule has 0 saturated carbocycles. The molecule has 1 aromatic heterocycles. The molecular formula is C16H27N7O3. The van der Waals surface area contributed by atoms with Crippen molar-refractivity contribution < 1.29 is 14.3 Å². The van der Waals surface area contributed by atoms with Crippen molar-refractivity contribution in [2.45, 2.75) is 6.92 Å². The summed E-state index contributed by atoms with van der Waals surface area (Å²) in [5.41, 5.74) is 0. The highest BCUT2D eigenvalue weighted by Gasteiger charge is 2.23. The number of nitrogens with one attached hydrogen (secondary N) is 1. The number of ether oxygens (including phenoxy) is 2. The molecule has 2 saturated heterocycles. The maximum Gasteiger partial charge on any atom is 0.409 e. The van der Waals surface area contributed by atoms with E-state index in [4.69, 9.17) is 9.47 Å². The lowest BCUT2D eigenvalue weighted by atomic mass is 10.3. The highest BCUT2D eigenvalue weighted by molar-refractivity contribution is 5.68. The number of morpholine rings is 1. The number of carbonyl (C=O) groups is 1. The Hall–Kier alpha value is -2.20. The largest absolute Gasteiger partial charge is 0.450 e. The maximum absolute atomic E-state index is 11.8. The van der Waals surface area contributed by atoms with Crippen molar-refractivity contribution in [3.05, 3.63) is 6.20 Å². The summed E-state index contributed by atoms with van der Waals surface area (Å²) in [4.78, 5) is 22.5. The van der Waals surface area contributed by atoms with Crippen LogP contribution < -0.4 is 10.2 Å². The van der Waals surface area contributed by atoms with Crippen LogP contribution in [-0.4, -0.2) is 103 Å². The summed E-state index contributed by atoms with van der Waals surface area (Å²) < 4.78 is 10.4. The Morgan fingerprint density at radius 2 is 2.00 bits per heavy atom. The first-order valence-electron chi connectivity index (χ1n) is 9.16. The molecule has 0 atom stereocenters. The number of rotatable bonds is 6. The van der Waals surface area contributed by atoms with Crippen molar-refractivity contribution in [2.75, 3.05) is 82.4 Å². The fraction of sp³-hybridized carbons (Fsp3) is 0.750. The van der Waals surface area contributed by atoms with Crippen LogP contribution in [0.3, 0.4) is 0 Å². The zero-order valence-electron chi connectivity index (χ0n) is 15.3. The molecule has 1 amide bonds. The number of aromatic nitrogens is 3. The van der Waals surface area contributed by atoms with Gasteiger partial charge in [0.15, 0.2) is 5.82 Å². The summed E-state index contributed by atoms with van der Waals surface area (Å²) in [5.74, 6) is 1.31. The van der Waals surface area contributed by atoms with E-state index in [-0.39, 0.29) is 6.09 Å². The second-order valence-corrected chi connectivity index (χ2v) is 6.19. The maximum atomic E-state index is 11.8. The van der Waals surface area contributed by atoms with Gasteiger partial charge in [-0.2, -0.15) is 10.1 Å². The van der Waals surface area contributed by atoms with Crippen molar-refractivity contribution in [3.63, 3.8) is 0 Å². The van der Waals surface area contributed by atoms with Crippen LogP contribution in [0.25, 0.3) is 0 Å². The van der Waals surface area contributed by atoms with Gasteiger partial charge in [-0.25, -0.2) is 4.79 Å². The van der Waals surface area contributed by atoms with Crippen LogP contribution in [0.5, 0.6) is 0 Å². The zero-order valence-corrected chi connectivity index (χ0v) is 15.3. The number of hydrogen-bond donors (Lipinski definition) is 1. The second-order valence-electron chi connectivity index (χ2n) is 6.19. The third-order valence-corrected chi connectivity index (χ3v) is 4.49. The number of carbonyl (C=O) groups excluding carboxylic acids is 1. The molecule has 2 aliphatic rings. The van der Waals surface area contributed by atoms with E-state index in [0.29, 0.717) is 38.7 Å². The van der Waals surface area contributed by atoms with Gasteiger partial charge in [-0.3, -0.25) is 4.90 Å². The third kappa shape index (κ3) is 5.15. The van der Waals surface area contributed by atoms with Gasteiger partial charge in [0.05, 0.1) is 26.0 Å². The summed E-state index contributed by atoms with van der Waals surface area (Å²) in [6, 6.07) is 0. The monoisotopic (exact) mass is 365 g/mol. The van der Waals surface area contributed by atoms with Gasteiger partial charge in [-0.1, -0.05) is 0 Å². The van der Waals surface area contributed by atoms with Crippen molar-refractivity contribution >= 4 is 17.9 Å². The lowest BCUT2D eigenvalue weighted by molar-refractivity contribution is 0.0398. The molecule has 0 aromatic carbocycles. The molecule has 3 heterocycles. The summed E-state index contributed by atoms with van der Waals surface area (Å²) in [6.07, 6.45) is 1.41. The Balaban J connectivity index is 1.46. The van der Waals surface area contributed by atoms with Crippen molar-refractivity contribution in [1.82, 2.24) is 25.0 Å². The normalized spacial score (nSPS) is 18.7. The minimum Gasteiger partial charge on any atom is -0.450 e. The molecule has 10 nitrogen and oxygen atoms in total. The average molecular weight is 365 g/mol. The van der Waals surface area contributed by atoms with E-state index in [9.17, 15) is 4.79 Å². The Morgan fingerprint density at radius 3 is 2.73 bits per heavy atom. The second kappa shape index (κ2) is 9.48. The number of anilines is 2. The third-order valence-electron chi connectivity index (χ3n) is 4.49. The van der Waals surface area contributed by atoms with Crippen LogP contribution in [0, 0.1) is 0 Å². The molecule has 2 fully saturated rings. The molecule has 26 heavy (non-hydrogen) atoms. The highest BCUT2D eigenvalue weighted by Crippen LogP contribution is 2.14. The van der Waals surface area contributed by atoms with Gasteiger partial charge in [-0.15, -0.1) is 5.10 Å². The minimum atomic E-state index is -0.251. The molecule has 10 heteroatoms. The summed E-state index contributed by atoms with van der Waals surface area (Å²) in [6.45, 7) is 10.0. The number of nitrogens with zero attached hydrogens (tertiary/aromatic N) is 6. The Labute approximate surface area is 153 Å². The topological polar surface area (TPSA) is 96.0 Å². The fourth-order valence-electron chi connectivity index (χ4n) is 3.01. The molecule has 1 aromatic rings.